The number of nitrogens with zero attached hydrogens (tertiary/aromatic N) is 3. The lowest BCUT2D eigenvalue weighted by atomic mass is 10.4. The van der Waals surface area contributed by atoms with Gasteiger partial charge in [-0.15, -0.1) is 24.0 Å². The fraction of sp³-hybridized carbons (Fsp3) is 0.583. The second-order valence-electron chi connectivity index (χ2n) is 3.94. The molecule has 0 amide bonds. The minimum absolute atomic E-state index is 0. The predicted molar refractivity (Wildman–Crippen MR) is 91.6 cm³/mol. The maximum absolute atomic E-state index is 4.46. The molecular weight excluding hydrogens is 407 g/mol. The molecule has 0 aromatic carbocycles. The number of aliphatic imine (C=N–C) groups is 1. The highest BCUT2D eigenvalue weighted by atomic mass is 127. The third kappa shape index (κ3) is 5.17. The molecule has 0 bridgehead atoms. The predicted octanol–water partition coefficient (Wildman–Crippen LogP) is 2.82. The molecule has 0 fully saturated rings. The SMILES string of the molecule is CCN=C(NCC)N(C)Cc1cc(Br)cn1C.I. The van der Waals surface area contributed by atoms with E-state index in [0.717, 1.165) is 30.1 Å². The number of guanidine groups is 1. The standard InChI is InChI=1S/C12H21BrN4.HI/c1-5-14-12(15-6-2)17(4)9-11-7-10(13)8-16(11)3;/h7-8H,5-6,9H2,1-4H3,(H,14,15);1H. The molecule has 6 heteroatoms. The zero-order valence-corrected chi connectivity index (χ0v) is 15.3. The topological polar surface area (TPSA) is 32.6 Å². The van der Waals surface area contributed by atoms with Gasteiger partial charge in [0.15, 0.2) is 5.96 Å². The van der Waals surface area contributed by atoms with Gasteiger partial charge >= 0.3 is 0 Å². The van der Waals surface area contributed by atoms with E-state index in [0.29, 0.717) is 0 Å². The molecule has 1 N–H and O–H groups in total. The molecule has 1 aromatic rings. The summed E-state index contributed by atoms with van der Waals surface area (Å²) in [6.45, 7) is 6.65. The van der Waals surface area contributed by atoms with Crippen molar-refractivity contribution in [2.24, 2.45) is 12.0 Å². The van der Waals surface area contributed by atoms with Crippen LogP contribution in [0.1, 0.15) is 19.5 Å². The van der Waals surface area contributed by atoms with Gasteiger partial charge in [0.1, 0.15) is 0 Å². The number of halogens is 2. The molecule has 0 aliphatic carbocycles. The van der Waals surface area contributed by atoms with Crippen molar-refractivity contribution in [1.82, 2.24) is 14.8 Å². The molecule has 4 nitrogen and oxygen atoms in total. The highest BCUT2D eigenvalue weighted by Crippen LogP contribution is 2.14. The molecule has 1 rings (SSSR count). The third-order valence-corrected chi connectivity index (χ3v) is 2.91. The summed E-state index contributed by atoms with van der Waals surface area (Å²) in [5.74, 6) is 0.951. The zero-order chi connectivity index (χ0) is 12.8. The molecular formula is C12H22BrIN4. The Morgan fingerprint density at radius 1 is 1.50 bits per heavy atom. The fourth-order valence-electron chi connectivity index (χ4n) is 1.66. The van der Waals surface area contributed by atoms with Crippen LogP contribution in [0.5, 0.6) is 0 Å². The van der Waals surface area contributed by atoms with Gasteiger partial charge in [0.25, 0.3) is 0 Å². The van der Waals surface area contributed by atoms with Crippen LogP contribution in [0.25, 0.3) is 0 Å². The summed E-state index contributed by atoms with van der Waals surface area (Å²) in [4.78, 5) is 6.59. The van der Waals surface area contributed by atoms with Crippen LogP contribution >= 0.6 is 39.9 Å². The molecule has 0 atom stereocenters. The monoisotopic (exact) mass is 428 g/mol. The summed E-state index contributed by atoms with van der Waals surface area (Å²) < 4.78 is 3.23. The molecule has 0 aliphatic heterocycles. The molecule has 0 unspecified atom stereocenters. The van der Waals surface area contributed by atoms with E-state index in [1.807, 2.05) is 6.92 Å². The van der Waals surface area contributed by atoms with Crippen LogP contribution < -0.4 is 5.32 Å². The first kappa shape index (κ1) is 17.8. The van der Waals surface area contributed by atoms with Gasteiger partial charge in [-0.1, -0.05) is 0 Å². The maximum atomic E-state index is 4.46. The normalized spacial score (nSPS) is 11.1. The van der Waals surface area contributed by atoms with Gasteiger partial charge in [-0.3, -0.25) is 4.99 Å². The van der Waals surface area contributed by atoms with Crippen LogP contribution in [0, 0.1) is 0 Å². The van der Waals surface area contributed by atoms with Crippen molar-refractivity contribution in [2.75, 3.05) is 20.1 Å². The first-order valence-electron chi connectivity index (χ1n) is 5.88. The molecule has 0 saturated heterocycles. The van der Waals surface area contributed by atoms with Crippen LogP contribution in [0.15, 0.2) is 21.7 Å². The van der Waals surface area contributed by atoms with E-state index in [4.69, 9.17) is 0 Å². The van der Waals surface area contributed by atoms with Crippen LogP contribution in [-0.2, 0) is 13.6 Å². The molecule has 0 spiro atoms. The Bertz CT molecular complexity index is 389. The lowest BCUT2D eigenvalue weighted by Crippen LogP contribution is -2.38. The number of aryl methyl sites for hydroxylation is 1. The number of nitrogens with one attached hydrogen (secondary N) is 1. The van der Waals surface area contributed by atoms with Gasteiger partial charge in [0, 0.05) is 43.5 Å². The van der Waals surface area contributed by atoms with Crippen LogP contribution in [0.3, 0.4) is 0 Å². The summed E-state index contributed by atoms with van der Waals surface area (Å²) in [5.41, 5.74) is 1.25. The van der Waals surface area contributed by atoms with E-state index in [1.165, 1.54) is 5.69 Å². The Balaban J connectivity index is 0.00000289. The van der Waals surface area contributed by atoms with Crippen molar-refractivity contribution in [3.8, 4) is 0 Å². The molecule has 1 heterocycles. The van der Waals surface area contributed by atoms with Gasteiger partial charge in [-0.05, 0) is 35.8 Å². The van der Waals surface area contributed by atoms with Crippen molar-refractivity contribution in [2.45, 2.75) is 20.4 Å². The van der Waals surface area contributed by atoms with Crippen molar-refractivity contribution in [3.05, 3.63) is 22.4 Å². The number of hydrogen-bond acceptors (Lipinski definition) is 1. The highest BCUT2D eigenvalue weighted by Gasteiger charge is 2.08. The molecule has 0 radical (unpaired) electrons. The largest absolute Gasteiger partial charge is 0.357 e. The second-order valence-corrected chi connectivity index (χ2v) is 4.86. The zero-order valence-electron chi connectivity index (χ0n) is 11.4. The number of rotatable bonds is 4. The van der Waals surface area contributed by atoms with E-state index in [-0.39, 0.29) is 24.0 Å². The lowest BCUT2D eigenvalue weighted by molar-refractivity contribution is 0.462. The molecule has 104 valence electrons. The minimum atomic E-state index is 0. The van der Waals surface area contributed by atoms with E-state index < -0.39 is 0 Å². The van der Waals surface area contributed by atoms with Crippen molar-refractivity contribution >= 4 is 45.9 Å². The Morgan fingerprint density at radius 3 is 2.61 bits per heavy atom. The van der Waals surface area contributed by atoms with Crippen molar-refractivity contribution in [1.29, 1.82) is 0 Å². The van der Waals surface area contributed by atoms with Crippen LogP contribution in [0.2, 0.25) is 0 Å². The van der Waals surface area contributed by atoms with Gasteiger partial charge in [-0.2, -0.15) is 0 Å². The van der Waals surface area contributed by atoms with Gasteiger partial charge < -0.3 is 14.8 Å². The van der Waals surface area contributed by atoms with Crippen molar-refractivity contribution < 1.29 is 0 Å². The van der Waals surface area contributed by atoms with Crippen molar-refractivity contribution in [3.63, 3.8) is 0 Å². The number of aromatic nitrogens is 1. The Kier molecular flexibility index (Phi) is 8.67. The van der Waals surface area contributed by atoms with Gasteiger partial charge in [-0.25, -0.2) is 0 Å². The molecule has 18 heavy (non-hydrogen) atoms. The Labute approximate surface area is 135 Å². The first-order chi connectivity index (χ1) is 8.08. The molecule has 0 aliphatic rings. The smallest absolute Gasteiger partial charge is 0.193 e. The first-order valence-corrected chi connectivity index (χ1v) is 6.68. The average molecular weight is 429 g/mol. The average Bonchev–Trinajstić information content (AvgIpc) is 2.57. The van der Waals surface area contributed by atoms with Gasteiger partial charge in [0.05, 0.1) is 6.54 Å². The van der Waals surface area contributed by atoms with E-state index >= 15 is 0 Å². The van der Waals surface area contributed by atoms with Crippen LogP contribution in [-0.4, -0.2) is 35.6 Å². The summed E-state index contributed by atoms with van der Waals surface area (Å²) in [7, 11) is 4.11. The molecule has 1 aromatic heterocycles. The summed E-state index contributed by atoms with van der Waals surface area (Å²) >= 11 is 3.49. The third-order valence-electron chi connectivity index (χ3n) is 2.48. The molecule has 0 saturated carbocycles. The highest BCUT2D eigenvalue weighted by molar-refractivity contribution is 14.0. The second kappa shape index (κ2) is 8.79. The van der Waals surface area contributed by atoms with E-state index in [9.17, 15) is 0 Å². The Hall–Kier alpha value is -0.240. The maximum Gasteiger partial charge on any atom is 0.193 e. The Morgan fingerprint density at radius 2 is 2.17 bits per heavy atom. The van der Waals surface area contributed by atoms with Gasteiger partial charge in [0.2, 0.25) is 0 Å². The summed E-state index contributed by atoms with van der Waals surface area (Å²) in [5, 5.41) is 3.28. The van der Waals surface area contributed by atoms with E-state index in [1.54, 1.807) is 0 Å². The fourth-order valence-corrected chi connectivity index (χ4v) is 2.23. The van der Waals surface area contributed by atoms with E-state index in [2.05, 4.69) is 69.0 Å². The minimum Gasteiger partial charge on any atom is -0.357 e. The number of hydrogen-bond donors (Lipinski definition) is 1. The summed E-state index contributed by atoms with van der Waals surface area (Å²) in [6.07, 6.45) is 2.06. The van der Waals surface area contributed by atoms with Crippen LogP contribution in [0.4, 0.5) is 0 Å². The quantitative estimate of drug-likeness (QED) is 0.454. The summed E-state index contributed by atoms with van der Waals surface area (Å²) in [6, 6.07) is 2.13. The lowest BCUT2D eigenvalue weighted by Gasteiger charge is -2.22.